The molecular weight excluding hydrogens is 294 g/mol. The van der Waals surface area contributed by atoms with E-state index in [0.717, 1.165) is 15.6 Å². The summed E-state index contributed by atoms with van der Waals surface area (Å²) in [5, 5.41) is 3.24. The average Bonchev–Trinajstić information content (AvgIpc) is 2.30. The number of ether oxygens (including phenoxy) is 1. The Kier molecular flexibility index (Phi) is 5.82. The number of nitrogens with one attached hydrogen (secondary N) is 1. The van der Waals surface area contributed by atoms with E-state index in [2.05, 4.69) is 21.2 Å². The van der Waals surface area contributed by atoms with Crippen LogP contribution in [0.2, 0.25) is 0 Å². The van der Waals surface area contributed by atoms with Crippen LogP contribution in [0.5, 0.6) is 0 Å². The summed E-state index contributed by atoms with van der Waals surface area (Å²) in [6.45, 7) is 8.24. The second-order valence-electron chi connectivity index (χ2n) is 4.52. The predicted molar refractivity (Wildman–Crippen MR) is 76.5 cm³/mol. The van der Waals surface area contributed by atoms with Crippen LogP contribution < -0.4 is 5.32 Å². The molecule has 0 bridgehead atoms. The number of esters is 1. The van der Waals surface area contributed by atoms with Crippen molar-refractivity contribution in [2.24, 2.45) is 0 Å². The third kappa shape index (κ3) is 4.10. The van der Waals surface area contributed by atoms with Crippen molar-refractivity contribution in [3.63, 3.8) is 0 Å². The van der Waals surface area contributed by atoms with Crippen LogP contribution in [0.1, 0.15) is 37.9 Å². The molecule has 0 fully saturated rings. The molecule has 1 aromatic carbocycles. The molecule has 1 aromatic rings. The molecule has 0 aliphatic carbocycles. The van der Waals surface area contributed by atoms with Crippen LogP contribution >= 0.6 is 15.9 Å². The van der Waals surface area contributed by atoms with Gasteiger partial charge in [-0.3, -0.25) is 5.32 Å². The van der Waals surface area contributed by atoms with E-state index >= 15 is 0 Å². The summed E-state index contributed by atoms with van der Waals surface area (Å²) in [5.41, 5.74) is 2.04. The molecule has 4 heteroatoms. The lowest BCUT2D eigenvalue weighted by atomic mass is 10.0. The van der Waals surface area contributed by atoms with Crippen LogP contribution in [0.25, 0.3) is 0 Å². The first-order chi connectivity index (χ1) is 8.45. The summed E-state index contributed by atoms with van der Waals surface area (Å²) < 4.78 is 6.16. The minimum atomic E-state index is -0.406. The van der Waals surface area contributed by atoms with Crippen molar-refractivity contribution in [3.8, 4) is 0 Å². The molecule has 1 unspecified atom stereocenters. The van der Waals surface area contributed by atoms with E-state index in [-0.39, 0.29) is 12.0 Å². The number of hydrogen-bond acceptors (Lipinski definition) is 3. The van der Waals surface area contributed by atoms with Crippen molar-refractivity contribution in [1.82, 2.24) is 5.32 Å². The molecule has 0 radical (unpaired) electrons. The second kappa shape index (κ2) is 6.90. The van der Waals surface area contributed by atoms with Crippen LogP contribution in [-0.2, 0) is 9.53 Å². The van der Waals surface area contributed by atoms with Gasteiger partial charge in [0.25, 0.3) is 0 Å². The minimum Gasteiger partial charge on any atom is -0.465 e. The molecule has 0 heterocycles. The molecule has 0 spiro atoms. The summed E-state index contributed by atoms with van der Waals surface area (Å²) >= 11 is 3.46. The normalized spacial score (nSPS) is 12.6. The fraction of sp³-hybridized carbons (Fsp3) is 0.500. The maximum atomic E-state index is 12.0. The summed E-state index contributed by atoms with van der Waals surface area (Å²) in [4.78, 5) is 12.0. The van der Waals surface area contributed by atoms with Gasteiger partial charge in [-0.05, 0) is 44.9 Å². The van der Waals surface area contributed by atoms with Gasteiger partial charge < -0.3 is 4.74 Å². The van der Waals surface area contributed by atoms with Gasteiger partial charge in [-0.25, -0.2) is 4.79 Å². The molecule has 0 saturated heterocycles. The molecule has 1 rings (SSSR count). The molecule has 0 aromatic heterocycles. The van der Waals surface area contributed by atoms with Crippen molar-refractivity contribution in [2.45, 2.75) is 39.8 Å². The van der Waals surface area contributed by atoms with Crippen molar-refractivity contribution in [3.05, 3.63) is 33.8 Å². The number of benzene rings is 1. The Hall–Kier alpha value is -0.870. The highest BCUT2D eigenvalue weighted by Gasteiger charge is 2.22. The average molecular weight is 314 g/mol. The first-order valence-corrected chi connectivity index (χ1v) is 6.93. The fourth-order valence-electron chi connectivity index (χ4n) is 1.71. The van der Waals surface area contributed by atoms with E-state index in [1.165, 1.54) is 0 Å². The summed E-state index contributed by atoms with van der Waals surface area (Å²) in [6, 6.07) is 5.70. The van der Waals surface area contributed by atoms with Gasteiger partial charge in [0.15, 0.2) is 0 Å². The topological polar surface area (TPSA) is 38.3 Å². The summed E-state index contributed by atoms with van der Waals surface area (Å²) in [5.74, 6) is -0.229. The highest BCUT2D eigenvalue weighted by atomic mass is 79.9. The van der Waals surface area contributed by atoms with Crippen molar-refractivity contribution in [2.75, 3.05) is 6.61 Å². The molecule has 0 saturated carbocycles. The quantitative estimate of drug-likeness (QED) is 0.847. The SMILES string of the molecule is CCOC(=O)C(NC(C)C)c1ccc(Br)c(C)c1. The number of carbonyl (C=O) groups is 1. The zero-order valence-electron chi connectivity index (χ0n) is 11.3. The zero-order valence-corrected chi connectivity index (χ0v) is 12.9. The first kappa shape index (κ1) is 15.2. The first-order valence-electron chi connectivity index (χ1n) is 6.14. The van der Waals surface area contributed by atoms with Gasteiger partial charge in [-0.2, -0.15) is 0 Å². The Labute approximate surface area is 117 Å². The highest BCUT2D eigenvalue weighted by Crippen LogP contribution is 2.22. The van der Waals surface area contributed by atoms with Gasteiger partial charge in [-0.1, -0.05) is 28.1 Å². The Morgan fingerprint density at radius 3 is 2.61 bits per heavy atom. The van der Waals surface area contributed by atoms with Crippen LogP contribution in [-0.4, -0.2) is 18.6 Å². The Morgan fingerprint density at radius 1 is 1.44 bits per heavy atom. The summed E-state index contributed by atoms with van der Waals surface area (Å²) in [7, 11) is 0. The lowest BCUT2D eigenvalue weighted by Crippen LogP contribution is -2.34. The fourth-order valence-corrected chi connectivity index (χ4v) is 1.95. The van der Waals surface area contributed by atoms with Crippen LogP contribution in [0.15, 0.2) is 22.7 Å². The second-order valence-corrected chi connectivity index (χ2v) is 5.37. The molecule has 1 N–H and O–H groups in total. The molecule has 1 atom stereocenters. The number of halogens is 1. The van der Waals surface area contributed by atoms with Gasteiger partial charge in [0.05, 0.1) is 6.61 Å². The van der Waals surface area contributed by atoms with Crippen LogP contribution in [0.4, 0.5) is 0 Å². The highest BCUT2D eigenvalue weighted by molar-refractivity contribution is 9.10. The van der Waals surface area contributed by atoms with Gasteiger partial charge in [0.2, 0.25) is 0 Å². The summed E-state index contributed by atoms with van der Waals surface area (Å²) in [6.07, 6.45) is 0. The van der Waals surface area contributed by atoms with Crippen molar-refractivity contribution in [1.29, 1.82) is 0 Å². The molecule has 100 valence electrons. The van der Waals surface area contributed by atoms with Crippen molar-refractivity contribution >= 4 is 21.9 Å². The van der Waals surface area contributed by atoms with Crippen molar-refractivity contribution < 1.29 is 9.53 Å². The van der Waals surface area contributed by atoms with Crippen LogP contribution in [0.3, 0.4) is 0 Å². The zero-order chi connectivity index (χ0) is 13.7. The van der Waals surface area contributed by atoms with E-state index < -0.39 is 6.04 Å². The maximum absolute atomic E-state index is 12.0. The Morgan fingerprint density at radius 2 is 2.11 bits per heavy atom. The number of carbonyl (C=O) groups excluding carboxylic acids is 1. The van der Waals surface area contributed by atoms with E-state index in [9.17, 15) is 4.79 Å². The standard InChI is InChI=1S/C14H20BrNO2/c1-5-18-14(17)13(16-9(2)3)11-6-7-12(15)10(4)8-11/h6-9,13,16H,5H2,1-4H3. The van der Waals surface area contributed by atoms with Gasteiger partial charge in [0, 0.05) is 10.5 Å². The van der Waals surface area contributed by atoms with E-state index in [1.54, 1.807) is 0 Å². The number of aryl methyl sites for hydroxylation is 1. The monoisotopic (exact) mass is 313 g/mol. The Bertz CT molecular complexity index is 418. The molecule has 18 heavy (non-hydrogen) atoms. The lowest BCUT2D eigenvalue weighted by Gasteiger charge is -2.20. The molecule has 0 aliphatic heterocycles. The molecule has 3 nitrogen and oxygen atoms in total. The number of hydrogen-bond donors (Lipinski definition) is 1. The van der Waals surface area contributed by atoms with Gasteiger partial charge in [0.1, 0.15) is 6.04 Å². The van der Waals surface area contributed by atoms with E-state index in [1.807, 2.05) is 45.9 Å². The maximum Gasteiger partial charge on any atom is 0.327 e. The van der Waals surface area contributed by atoms with Crippen LogP contribution in [0, 0.1) is 6.92 Å². The largest absolute Gasteiger partial charge is 0.465 e. The Balaban J connectivity index is 3.00. The minimum absolute atomic E-state index is 0.211. The van der Waals surface area contributed by atoms with E-state index in [0.29, 0.717) is 6.61 Å². The van der Waals surface area contributed by atoms with E-state index in [4.69, 9.17) is 4.74 Å². The smallest absolute Gasteiger partial charge is 0.327 e. The molecular formula is C14H20BrNO2. The van der Waals surface area contributed by atoms with Gasteiger partial charge in [-0.15, -0.1) is 0 Å². The third-order valence-corrected chi connectivity index (χ3v) is 3.43. The lowest BCUT2D eigenvalue weighted by molar-refractivity contribution is -0.146. The molecule has 0 aliphatic rings. The predicted octanol–water partition coefficient (Wildman–Crippen LogP) is 3.36. The molecule has 0 amide bonds. The third-order valence-electron chi connectivity index (χ3n) is 2.54. The van der Waals surface area contributed by atoms with Gasteiger partial charge >= 0.3 is 5.97 Å². The number of rotatable bonds is 5.